The highest BCUT2D eigenvalue weighted by molar-refractivity contribution is 6.27. The summed E-state index contributed by atoms with van der Waals surface area (Å²) >= 11 is 0. The van der Waals surface area contributed by atoms with Gasteiger partial charge in [0, 0.05) is 0 Å². The normalized spacial score (nSPS) is 16.9. The lowest BCUT2D eigenvalue weighted by Gasteiger charge is -2.14. The molecule has 9 heavy (non-hydrogen) atoms. The van der Waals surface area contributed by atoms with Crippen molar-refractivity contribution in [1.29, 1.82) is 0 Å². The summed E-state index contributed by atoms with van der Waals surface area (Å²) in [5, 5.41) is 0. The van der Waals surface area contributed by atoms with Crippen LogP contribution in [0.1, 0.15) is 13.8 Å². The topological polar surface area (TPSA) is 43.4 Å². The molecule has 1 rings (SSSR count). The van der Waals surface area contributed by atoms with Crippen molar-refractivity contribution in [3.63, 3.8) is 0 Å². The first-order chi connectivity index (χ1) is 4.13. The van der Waals surface area contributed by atoms with E-state index in [0.717, 1.165) is 5.57 Å². The summed E-state index contributed by atoms with van der Waals surface area (Å²) in [6.07, 6.45) is 0. The van der Waals surface area contributed by atoms with E-state index in [2.05, 4.69) is 4.74 Å². The van der Waals surface area contributed by atoms with Gasteiger partial charge in [0.15, 0.2) is 0 Å². The Labute approximate surface area is 52.3 Å². The number of hydrogen-bond acceptors (Lipinski definition) is 3. The van der Waals surface area contributed by atoms with Crippen LogP contribution in [0.25, 0.3) is 0 Å². The van der Waals surface area contributed by atoms with Gasteiger partial charge in [-0.05, 0) is 13.8 Å². The Bertz CT molecular complexity index is 192. The van der Waals surface area contributed by atoms with Crippen LogP contribution >= 0.6 is 0 Å². The first-order valence-corrected chi connectivity index (χ1v) is 2.57. The Kier molecular flexibility index (Phi) is 1.12. The zero-order valence-corrected chi connectivity index (χ0v) is 5.22. The summed E-state index contributed by atoms with van der Waals surface area (Å²) in [5.74, 6) is -1.000. The molecule has 0 aromatic heterocycles. The maximum absolute atomic E-state index is 10.4. The maximum atomic E-state index is 10.4. The molecule has 0 saturated carbocycles. The van der Waals surface area contributed by atoms with Crippen LogP contribution in [-0.4, -0.2) is 11.9 Å². The Balaban J connectivity index is 2.95. The Morgan fingerprint density at radius 1 is 1.22 bits per heavy atom. The molecule has 0 unspecified atom stereocenters. The molecule has 0 amide bonds. The van der Waals surface area contributed by atoms with E-state index >= 15 is 0 Å². The van der Waals surface area contributed by atoms with Crippen LogP contribution < -0.4 is 0 Å². The first-order valence-electron chi connectivity index (χ1n) is 2.57. The van der Waals surface area contributed by atoms with Crippen LogP contribution in [0.3, 0.4) is 0 Å². The standard InChI is InChI=1S/C6H6O3/c1-3(2)4-5(7)9-6(4)8/h1-2H3. The summed E-state index contributed by atoms with van der Waals surface area (Å²) < 4.78 is 4.08. The molecule has 1 saturated heterocycles. The average Bonchev–Trinajstić information content (AvgIpc) is 1.62. The van der Waals surface area contributed by atoms with Crippen molar-refractivity contribution < 1.29 is 14.3 Å². The SMILES string of the molecule is CC(C)=C1C(=O)OC1=O. The summed E-state index contributed by atoms with van der Waals surface area (Å²) in [6, 6.07) is 0. The molecule has 0 bridgehead atoms. The first kappa shape index (κ1) is 6.01. The van der Waals surface area contributed by atoms with Crippen molar-refractivity contribution in [2.24, 2.45) is 0 Å². The smallest absolute Gasteiger partial charge is 0.353 e. The van der Waals surface area contributed by atoms with Crippen LogP contribution in [0.5, 0.6) is 0 Å². The second-order valence-electron chi connectivity index (χ2n) is 2.05. The van der Waals surface area contributed by atoms with Crippen molar-refractivity contribution in [2.45, 2.75) is 13.8 Å². The lowest BCUT2D eigenvalue weighted by Crippen LogP contribution is -2.32. The summed E-state index contributed by atoms with van der Waals surface area (Å²) in [6.45, 7) is 3.40. The van der Waals surface area contributed by atoms with Gasteiger partial charge in [0.05, 0.1) is 0 Å². The molecule has 0 aromatic carbocycles. The van der Waals surface area contributed by atoms with Gasteiger partial charge in [0.2, 0.25) is 0 Å². The number of ether oxygens (including phenoxy) is 1. The molecule has 0 N–H and O–H groups in total. The van der Waals surface area contributed by atoms with Gasteiger partial charge >= 0.3 is 11.9 Å². The van der Waals surface area contributed by atoms with E-state index < -0.39 is 11.9 Å². The molecule has 0 aromatic rings. The van der Waals surface area contributed by atoms with Crippen molar-refractivity contribution in [3.05, 3.63) is 11.1 Å². The number of cyclic esters (lactones) is 2. The highest BCUT2D eigenvalue weighted by Gasteiger charge is 2.35. The third-order valence-electron chi connectivity index (χ3n) is 1.09. The summed E-state index contributed by atoms with van der Waals surface area (Å²) in [4.78, 5) is 20.8. The molecular formula is C6H6O3. The van der Waals surface area contributed by atoms with Crippen molar-refractivity contribution in [2.75, 3.05) is 0 Å². The number of carbonyl (C=O) groups is 2. The molecule has 0 aliphatic carbocycles. The lowest BCUT2D eigenvalue weighted by atomic mass is 10.1. The number of rotatable bonds is 0. The van der Waals surface area contributed by atoms with E-state index in [9.17, 15) is 9.59 Å². The molecule has 1 heterocycles. The highest BCUT2D eigenvalue weighted by atomic mass is 16.6. The predicted molar refractivity (Wildman–Crippen MR) is 29.5 cm³/mol. The molecular weight excluding hydrogens is 120 g/mol. The van der Waals surface area contributed by atoms with Crippen molar-refractivity contribution in [1.82, 2.24) is 0 Å². The van der Waals surface area contributed by atoms with Gasteiger partial charge < -0.3 is 4.74 Å². The minimum Gasteiger partial charge on any atom is -0.385 e. The van der Waals surface area contributed by atoms with Crippen molar-refractivity contribution in [3.8, 4) is 0 Å². The van der Waals surface area contributed by atoms with Gasteiger partial charge in [0.25, 0.3) is 0 Å². The summed E-state index contributed by atoms with van der Waals surface area (Å²) in [7, 11) is 0. The van der Waals surface area contributed by atoms with E-state index in [0.29, 0.717) is 0 Å². The predicted octanol–water partition coefficient (Wildman–Crippen LogP) is 0.406. The van der Waals surface area contributed by atoms with E-state index in [1.165, 1.54) is 0 Å². The molecule has 0 radical (unpaired) electrons. The summed E-state index contributed by atoms with van der Waals surface area (Å²) in [5.41, 5.74) is 0.922. The maximum Gasteiger partial charge on any atom is 0.353 e. The Hall–Kier alpha value is -1.12. The minimum absolute atomic E-state index is 0.204. The third kappa shape index (κ3) is 0.740. The number of esters is 2. The molecule has 1 aliphatic rings. The lowest BCUT2D eigenvalue weighted by molar-refractivity contribution is -0.165. The quantitative estimate of drug-likeness (QED) is 0.204. The van der Waals surface area contributed by atoms with Gasteiger partial charge in [-0.15, -0.1) is 0 Å². The van der Waals surface area contributed by atoms with Crippen LogP contribution in [0.15, 0.2) is 11.1 Å². The Morgan fingerprint density at radius 3 is 1.78 bits per heavy atom. The fourth-order valence-corrected chi connectivity index (χ4v) is 0.631. The minimum atomic E-state index is -0.500. The average molecular weight is 126 g/mol. The fourth-order valence-electron chi connectivity index (χ4n) is 0.631. The molecule has 48 valence electrons. The van der Waals surface area contributed by atoms with E-state index in [1.807, 2.05) is 0 Å². The van der Waals surface area contributed by atoms with Crippen LogP contribution in [-0.2, 0) is 14.3 Å². The zero-order chi connectivity index (χ0) is 7.02. The van der Waals surface area contributed by atoms with Crippen molar-refractivity contribution >= 4 is 11.9 Å². The molecule has 0 atom stereocenters. The van der Waals surface area contributed by atoms with Gasteiger partial charge in [-0.1, -0.05) is 5.57 Å². The van der Waals surface area contributed by atoms with Gasteiger partial charge in [-0.25, -0.2) is 9.59 Å². The van der Waals surface area contributed by atoms with Crippen LogP contribution in [0.4, 0.5) is 0 Å². The molecule has 3 heteroatoms. The van der Waals surface area contributed by atoms with Crippen LogP contribution in [0.2, 0.25) is 0 Å². The third-order valence-corrected chi connectivity index (χ3v) is 1.09. The van der Waals surface area contributed by atoms with Gasteiger partial charge in [0.1, 0.15) is 5.57 Å². The zero-order valence-electron chi connectivity index (χ0n) is 5.22. The fraction of sp³-hybridized carbons (Fsp3) is 0.333. The second kappa shape index (κ2) is 1.69. The molecule has 0 spiro atoms. The second-order valence-corrected chi connectivity index (χ2v) is 2.05. The van der Waals surface area contributed by atoms with Crippen LogP contribution in [0, 0.1) is 0 Å². The molecule has 1 fully saturated rings. The van der Waals surface area contributed by atoms with E-state index in [4.69, 9.17) is 0 Å². The molecule has 3 nitrogen and oxygen atoms in total. The van der Waals surface area contributed by atoms with E-state index in [-0.39, 0.29) is 5.57 Å². The number of allylic oxidation sites excluding steroid dienone is 1. The molecule has 1 aliphatic heterocycles. The largest absolute Gasteiger partial charge is 0.385 e. The van der Waals surface area contributed by atoms with Gasteiger partial charge in [-0.3, -0.25) is 0 Å². The Morgan fingerprint density at radius 2 is 1.67 bits per heavy atom. The monoisotopic (exact) mass is 126 g/mol. The number of hydrogen-bond donors (Lipinski definition) is 0. The highest BCUT2D eigenvalue weighted by Crippen LogP contribution is 2.16. The van der Waals surface area contributed by atoms with Gasteiger partial charge in [-0.2, -0.15) is 0 Å². The number of carbonyl (C=O) groups excluding carboxylic acids is 2. The van der Waals surface area contributed by atoms with E-state index in [1.54, 1.807) is 13.8 Å².